The number of nitrogens with zero attached hydrogens (tertiary/aromatic N) is 1. The maximum absolute atomic E-state index is 5.92. The molecule has 2 aromatic carbocycles. The van der Waals surface area contributed by atoms with Gasteiger partial charge in [0.25, 0.3) is 0 Å². The molecule has 0 amide bonds. The fourth-order valence-corrected chi connectivity index (χ4v) is 3.24. The Hall–Kier alpha value is -1.58. The Balaban J connectivity index is 1.55. The van der Waals surface area contributed by atoms with E-state index in [1.807, 2.05) is 0 Å². The van der Waals surface area contributed by atoms with Gasteiger partial charge in [0.05, 0.1) is 0 Å². The Bertz CT molecular complexity index is 599. The molecule has 0 radical (unpaired) electrons. The fourth-order valence-electron chi connectivity index (χ4n) is 3.24. The van der Waals surface area contributed by atoms with Crippen LogP contribution in [0, 0.1) is 5.92 Å². The smallest absolute Gasteiger partial charge is 0.120 e. The fraction of sp³-hybridized carbons (Fsp3) is 0.444. The van der Waals surface area contributed by atoms with Crippen LogP contribution in [0.1, 0.15) is 13.3 Å². The van der Waals surface area contributed by atoms with Gasteiger partial charge in [0, 0.05) is 19.1 Å². The van der Waals surface area contributed by atoms with E-state index in [9.17, 15) is 0 Å². The first-order valence-corrected chi connectivity index (χ1v) is 7.82. The number of nitrogens with two attached hydrogens (primary N) is 1. The molecular weight excluding hydrogens is 260 g/mol. The summed E-state index contributed by atoms with van der Waals surface area (Å²) < 4.78 is 5.92. The van der Waals surface area contributed by atoms with Crippen molar-refractivity contribution in [2.24, 2.45) is 11.7 Å². The van der Waals surface area contributed by atoms with E-state index in [1.165, 1.54) is 17.2 Å². The summed E-state index contributed by atoms with van der Waals surface area (Å²) in [6, 6.07) is 15.3. The second-order valence-corrected chi connectivity index (χ2v) is 6.04. The van der Waals surface area contributed by atoms with Crippen LogP contribution in [-0.4, -0.2) is 37.2 Å². The van der Waals surface area contributed by atoms with Gasteiger partial charge in [-0.15, -0.1) is 0 Å². The van der Waals surface area contributed by atoms with Crippen molar-refractivity contribution in [3.63, 3.8) is 0 Å². The van der Waals surface area contributed by atoms with Gasteiger partial charge in [-0.1, -0.05) is 30.3 Å². The van der Waals surface area contributed by atoms with Crippen molar-refractivity contribution in [1.29, 1.82) is 0 Å². The second-order valence-electron chi connectivity index (χ2n) is 6.04. The molecule has 1 fully saturated rings. The topological polar surface area (TPSA) is 38.5 Å². The van der Waals surface area contributed by atoms with E-state index < -0.39 is 0 Å². The number of likely N-dealkylation sites (tertiary alicyclic amines) is 1. The van der Waals surface area contributed by atoms with Gasteiger partial charge in [-0.3, -0.25) is 4.90 Å². The monoisotopic (exact) mass is 284 g/mol. The predicted octanol–water partition coefficient (Wildman–Crippen LogP) is 2.89. The zero-order valence-corrected chi connectivity index (χ0v) is 12.7. The predicted molar refractivity (Wildman–Crippen MR) is 87.6 cm³/mol. The van der Waals surface area contributed by atoms with Crippen LogP contribution in [0.2, 0.25) is 0 Å². The van der Waals surface area contributed by atoms with Crippen LogP contribution in [0.4, 0.5) is 0 Å². The van der Waals surface area contributed by atoms with Crippen LogP contribution in [0.25, 0.3) is 10.8 Å². The zero-order chi connectivity index (χ0) is 14.7. The lowest BCUT2D eigenvalue weighted by Crippen LogP contribution is -2.32. The highest BCUT2D eigenvalue weighted by molar-refractivity contribution is 5.83. The molecular formula is C18H24N2O. The number of fused-ring (bicyclic) bond motifs is 1. The quantitative estimate of drug-likeness (QED) is 0.917. The van der Waals surface area contributed by atoms with Crippen LogP contribution in [0.3, 0.4) is 0 Å². The van der Waals surface area contributed by atoms with Gasteiger partial charge in [0.1, 0.15) is 12.4 Å². The Labute approximate surface area is 126 Å². The van der Waals surface area contributed by atoms with Gasteiger partial charge in [0.2, 0.25) is 0 Å². The highest BCUT2D eigenvalue weighted by Gasteiger charge is 2.27. The van der Waals surface area contributed by atoms with Crippen LogP contribution < -0.4 is 10.5 Å². The molecule has 3 nitrogen and oxygen atoms in total. The van der Waals surface area contributed by atoms with E-state index in [0.29, 0.717) is 12.0 Å². The van der Waals surface area contributed by atoms with Crippen molar-refractivity contribution >= 4 is 10.8 Å². The molecule has 0 bridgehead atoms. The molecule has 1 aliphatic heterocycles. The highest BCUT2D eigenvalue weighted by Crippen LogP contribution is 2.23. The summed E-state index contributed by atoms with van der Waals surface area (Å²) in [4.78, 5) is 2.48. The van der Waals surface area contributed by atoms with E-state index >= 15 is 0 Å². The maximum Gasteiger partial charge on any atom is 0.120 e. The lowest BCUT2D eigenvalue weighted by molar-refractivity contribution is 0.202. The second kappa shape index (κ2) is 6.46. The summed E-state index contributed by atoms with van der Waals surface area (Å²) in [7, 11) is 0. The van der Waals surface area contributed by atoms with Gasteiger partial charge >= 0.3 is 0 Å². The molecule has 3 rings (SSSR count). The molecule has 0 spiro atoms. The van der Waals surface area contributed by atoms with Crippen LogP contribution in [-0.2, 0) is 0 Å². The van der Waals surface area contributed by atoms with E-state index in [-0.39, 0.29) is 0 Å². The third-order valence-corrected chi connectivity index (χ3v) is 4.49. The Morgan fingerprint density at radius 1 is 1.19 bits per heavy atom. The first kappa shape index (κ1) is 14.4. The van der Waals surface area contributed by atoms with E-state index in [0.717, 1.165) is 32.0 Å². The molecule has 21 heavy (non-hydrogen) atoms. The molecule has 2 unspecified atom stereocenters. The summed E-state index contributed by atoms with van der Waals surface area (Å²) in [6.45, 7) is 5.90. The van der Waals surface area contributed by atoms with Crippen molar-refractivity contribution < 1.29 is 4.74 Å². The van der Waals surface area contributed by atoms with Gasteiger partial charge in [-0.25, -0.2) is 0 Å². The molecule has 112 valence electrons. The summed E-state index contributed by atoms with van der Waals surface area (Å²) in [5.74, 6) is 1.61. The largest absolute Gasteiger partial charge is 0.492 e. The van der Waals surface area contributed by atoms with Crippen LogP contribution in [0.5, 0.6) is 5.75 Å². The van der Waals surface area contributed by atoms with Crippen molar-refractivity contribution in [1.82, 2.24) is 4.90 Å². The Kier molecular flexibility index (Phi) is 4.42. The van der Waals surface area contributed by atoms with Crippen molar-refractivity contribution in [2.45, 2.75) is 19.4 Å². The van der Waals surface area contributed by atoms with Crippen LogP contribution in [0.15, 0.2) is 42.5 Å². The molecule has 0 aromatic heterocycles. The summed E-state index contributed by atoms with van der Waals surface area (Å²) in [5.41, 5.74) is 5.77. The number of benzene rings is 2. The van der Waals surface area contributed by atoms with E-state index in [2.05, 4.69) is 54.3 Å². The zero-order valence-electron chi connectivity index (χ0n) is 12.7. The van der Waals surface area contributed by atoms with Gasteiger partial charge < -0.3 is 10.5 Å². The van der Waals surface area contributed by atoms with Crippen molar-refractivity contribution in [3.05, 3.63) is 42.5 Å². The first-order valence-electron chi connectivity index (χ1n) is 7.82. The maximum atomic E-state index is 5.92. The molecule has 1 aliphatic rings. The minimum atomic E-state index is 0.624. The lowest BCUT2D eigenvalue weighted by Gasteiger charge is -2.21. The molecule has 1 saturated heterocycles. The summed E-state index contributed by atoms with van der Waals surface area (Å²) >= 11 is 0. The third kappa shape index (κ3) is 3.36. The lowest BCUT2D eigenvalue weighted by atomic mass is 10.1. The van der Waals surface area contributed by atoms with E-state index in [4.69, 9.17) is 10.5 Å². The molecule has 1 heterocycles. The van der Waals surface area contributed by atoms with Crippen LogP contribution >= 0.6 is 0 Å². The van der Waals surface area contributed by atoms with E-state index in [1.54, 1.807) is 0 Å². The van der Waals surface area contributed by atoms with Crippen molar-refractivity contribution in [3.8, 4) is 5.75 Å². The minimum Gasteiger partial charge on any atom is -0.492 e. The molecule has 0 saturated carbocycles. The molecule has 2 N–H and O–H groups in total. The average Bonchev–Trinajstić information content (AvgIpc) is 2.88. The SMILES string of the molecule is CC1CC(CN)CN1CCOc1ccc2ccccc2c1. The summed E-state index contributed by atoms with van der Waals surface area (Å²) in [6.07, 6.45) is 1.21. The standard InChI is InChI=1S/C18H24N2O/c1-14-10-15(12-19)13-20(14)8-9-21-18-7-6-16-4-2-3-5-17(16)11-18/h2-7,11,14-15H,8-10,12-13,19H2,1H3. The third-order valence-electron chi connectivity index (χ3n) is 4.49. The number of rotatable bonds is 5. The van der Waals surface area contributed by atoms with Gasteiger partial charge in [-0.2, -0.15) is 0 Å². The molecule has 0 aliphatic carbocycles. The molecule has 3 heteroatoms. The Morgan fingerprint density at radius 3 is 2.76 bits per heavy atom. The first-order chi connectivity index (χ1) is 10.3. The molecule has 2 aromatic rings. The van der Waals surface area contributed by atoms with Crippen molar-refractivity contribution in [2.75, 3.05) is 26.2 Å². The Morgan fingerprint density at radius 2 is 2.00 bits per heavy atom. The number of ether oxygens (including phenoxy) is 1. The normalized spacial score (nSPS) is 22.8. The summed E-state index contributed by atoms with van der Waals surface area (Å²) in [5, 5.41) is 2.48. The van der Waals surface area contributed by atoms with Gasteiger partial charge in [0.15, 0.2) is 0 Å². The molecule has 2 atom stereocenters. The van der Waals surface area contributed by atoms with Gasteiger partial charge in [-0.05, 0) is 48.7 Å². The highest BCUT2D eigenvalue weighted by atomic mass is 16.5. The number of hydrogen-bond donors (Lipinski definition) is 1. The average molecular weight is 284 g/mol. The minimum absolute atomic E-state index is 0.624. The number of hydrogen-bond acceptors (Lipinski definition) is 3.